The van der Waals surface area contributed by atoms with Gasteiger partial charge >= 0.3 is 0 Å². The lowest BCUT2D eigenvalue weighted by Gasteiger charge is -2.27. The number of aliphatic hydroxyl groups excluding tert-OH is 1. The van der Waals surface area contributed by atoms with Gasteiger partial charge in [-0.05, 0) is 49.3 Å². The number of rotatable bonds is 6. The molecule has 1 saturated heterocycles. The first kappa shape index (κ1) is 21.9. The van der Waals surface area contributed by atoms with Gasteiger partial charge in [0, 0.05) is 18.7 Å². The third-order valence-electron chi connectivity index (χ3n) is 5.89. The van der Waals surface area contributed by atoms with Crippen LogP contribution in [0.15, 0.2) is 48.0 Å². The van der Waals surface area contributed by atoms with Crippen molar-refractivity contribution in [3.8, 4) is 11.5 Å². The Hall–Kier alpha value is -3.32. The molecule has 7 heteroatoms. The van der Waals surface area contributed by atoms with Gasteiger partial charge in [-0.15, -0.1) is 0 Å². The molecule has 2 aliphatic heterocycles. The van der Waals surface area contributed by atoms with E-state index in [0.717, 1.165) is 11.1 Å². The Kier molecular flexibility index (Phi) is 5.93. The normalized spacial score (nSPS) is 19.4. The molecule has 2 aromatic carbocycles. The number of aliphatic hydroxyl groups is 1. The molecule has 7 nitrogen and oxygen atoms in total. The summed E-state index contributed by atoms with van der Waals surface area (Å²) in [4.78, 5) is 29.6. The molecular formula is C25H28N2O5. The summed E-state index contributed by atoms with van der Waals surface area (Å²) in [5.41, 5.74) is 2.44. The maximum absolute atomic E-state index is 13.1. The van der Waals surface area contributed by atoms with Gasteiger partial charge in [-0.1, -0.05) is 38.1 Å². The second kappa shape index (κ2) is 8.67. The Morgan fingerprint density at radius 2 is 1.78 bits per heavy atom. The number of likely N-dealkylation sites (tertiary alicyclic amines) is 1. The second-order valence-electron chi connectivity index (χ2n) is 8.69. The van der Waals surface area contributed by atoms with E-state index in [1.54, 1.807) is 23.1 Å². The molecule has 0 bridgehead atoms. The first-order chi connectivity index (χ1) is 15.3. The summed E-state index contributed by atoms with van der Waals surface area (Å²) >= 11 is 0. The molecule has 1 fully saturated rings. The molecule has 0 spiro atoms. The molecule has 168 valence electrons. The number of amides is 1. The molecule has 2 aliphatic rings. The maximum Gasteiger partial charge on any atom is 0.295 e. The molecule has 0 aromatic heterocycles. The van der Waals surface area contributed by atoms with Crippen LogP contribution in [0.2, 0.25) is 0 Å². The number of hydrogen-bond donors (Lipinski definition) is 1. The second-order valence-corrected chi connectivity index (χ2v) is 8.69. The number of fused-ring (bicyclic) bond motifs is 1. The van der Waals surface area contributed by atoms with Gasteiger partial charge in [0.25, 0.3) is 11.7 Å². The van der Waals surface area contributed by atoms with E-state index in [1.807, 2.05) is 43.3 Å². The summed E-state index contributed by atoms with van der Waals surface area (Å²) in [5, 5.41) is 11.2. The zero-order valence-corrected chi connectivity index (χ0v) is 18.8. The Morgan fingerprint density at radius 1 is 1.09 bits per heavy atom. The zero-order chi connectivity index (χ0) is 23.0. The number of carbonyl (C=O) groups excluding carboxylic acids is 2. The van der Waals surface area contributed by atoms with Gasteiger partial charge in [0.05, 0.1) is 11.6 Å². The molecule has 0 radical (unpaired) electrons. The van der Waals surface area contributed by atoms with Crippen molar-refractivity contribution in [3.63, 3.8) is 0 Å². The minimum absolute atomic E-state index is 0.0879. The van der Waals surface area contributed by atoms with Gasteiger partial charge in [-0.3, -0.25) is 9.59 Å². The minimum Gasteiger partial charge on any atom is -0.507 e. The van der Waals surface area contributed by atoms with Crippen LogP contribution in [-0.2, 0) is 9.59 Å². The lowest BCUT2D eigenvalue weighted by atomic mass is 9.93. The summed E-state index contributed by atoms with van der Waals surface area (Å²) in [6.45, 7) is 5.29. The molecule has 2 aromatic rings. The van der Waals surface area contributed by atoms with Gasteiger partial charge in [0.2, 0.25) is 6.79 Å². The number of Topliss-reactive ketones (excluding diaryl/α,β-unsaturated/α-hetero) is 1. The number of hydrogen-bond acceptors (Lipinski definition) is 6. The van der Waals surface area contributed by atoms with Gasteiger partial charge in [0.15, 0.2) is 11.5 Å². The summed E-state index contributed by atoms with van der Waals surface area (Å²) in [5.74, 6) is -0.0730. The van der Waals surface area contributed by atoms with Crippen molar-refractivity contribution in [2.75, 3.05) is 34.0 Å². The van der Waals surface area contributed by atoms with Gasteiger partial charge in [-0.25, -0.2) is 0 Å². The third kappa shape index (κ3) is 3.96. The highest BCUT2D eigenvalue weighted by molar-refractivity contribution is 6.46. The maximum atomic E-state index is 13.1. The molecule has 0 saturated carbocycles. The van der Waals surface area contributed by atoms with E-state index in [4.69, 9.17) is 9.47 Å². The molecule has 1 unspecified atom stereocenters. The predicted molar refractivity (Wildman–Crippen MR) is 121 cm³/mol. The highest BCUT2D eigenvalue weighted by Gasteiger charge is 2.46. The highest BCUT2D eigenvalue weighted by atomic mass is 16.7. The van der Waals surface area contributed by atoms with Crippen molar-refractivity contribution in [1.29, 1.82) is 0 Å². The SMILES string of the molecule is CC(C)c1ccc(C2/C(=C(\O)c3ccc4c(c3)OCO4)C(=O)C(=O)N2CCN(C)C)cc1. The Morgan fingerprint density at radius 3 is 2.44 bits per heavy atom. The first-order valence-electron chi connectivity index (χ1n) is 10.7. The van der Waals surface area contributed by atoms with E-state index in [9.17, 15) is 14.7 Å². The van der Waals surface area contributed by atoms with Crippen LogP contribution >= 0.6 is 0 Å². The van der Waals surface area contributed by atoms with Crippen LogP contribution in [0.25, 0.3) is 5.76 Å². The van der Waals surface area contributed by atoms with Crippen LogP contribution in [0.5, 0.6) is 11.5 Å². The quantitative estimate of drug-likeness (QED) is 0.424. The monoisotopic (exact) mass is 436 g/mol. The number of ether oxygens (including phenoxy) is 2. The van der Waals surface area contributed by atoms with E-state index in [1.165, 1.54) is 0 Å². The fourth-order valence-corrected chi connectivity index (χ4v) is 4.03. The summed E-state index contributed by atoms with van der Waals surface area (Å²) in [6.07, 6.45) is 0. The van der Waals surface area contributed by atoms with Gasteiger partial charge in [0.1, 0.15) is 5.76 Å². The van der Waals surface area contributed by atoms with E-state index >= 15 is 0 Å². The highest BCUT2D eigenvalue weighted by Crippen LogP contribution is 2.41. The zero-order valence-electron chi connectivity index (χ0n) is 18.8. The number of nitrogens with zero attached hydrogens (tertiary/aromatic N) is 2. The van der Waals surface area contributed by atoms with Gasteiger partial charge < -0.3 is 24.4 Å². The molecule has 1 amide bonds. The van der Waals surface area contributed by atoms with E-state index < -0.39 is 17.7 Å². The van der Waals surface area contributed by atoms with Gasteiger partial charge in [-0.2, -0.15) is 0 Å². The van der Waals surface area contributed by atoms with Crippen LogP contribution in [0, 0.1) is 0 Å². The molecule has 32 heavy (non-hydrogen) atoms. The van der Waals surface area contributed by atoms with Crippen molar-refractivity contribution in [2.45, 2.75) is 25.8 Å². The number of ketones is 1. The number of likely N-dealkylation sites (N-methyl/N-ethyl adjacent to an activating group) is 1. The third-order valence-corrected chi connectivity index (χ3v) is 5.89. The molecule has 0 aliphatic carbocycles. The summed E-state index contributed by atoms with van der Waals surface area (Å²) in [7, 11) is 3.82. The van der Waals surface area contributed by atoms with Crippen LogP contribution in [0.4, 0.5) is 0 Å². The molecule has 4 rings (SSSR count). The predicted octanol–water partition coefficient (Wildman–Crippen LogP) is 3.52. The van der Waals surface area contributed by atoms with Crippen LogP contribution in [0.3, 0.4) is 0 Å². The van der Waals surface area contributed by atoms with Crippen LogP contribution in [-0.4, -0.2) is 60.6 Å². The lowest BCUT2D eigenvalue weighted by Crippen LogP contribution is -2.35. The summed E-state index contributed by atoms with van der Waals surface area (Å²) in [6, 6.07) is 12.2. The Labute approximate surface area is 187 Å². The largest absolute Gasteiger partial charge is 0.507 e. The number of carbonyl (C=O) groups is 2. The Bertz CT molecular complexity index is 1070. The van der Waals surface area contributed by atoms with Crippen molar-refractivity contribution < 1.29 is 24.2 Å². The minimum atomic E-state index is -0.683. The standard InChI is InChI=1S/C25H28N2O5/c1-15(2)16-5-7-17(8-6-16)22-21(24(29)25(30)27(22)12-11-26(3)4)23(28)18-9-10-19-20(13-18)32-14-31-19/h5-10,13,15,22,28H,11-12,14H2,1-4H3/b23-21+. The average Bonchev–Trinajstić information content (AvgIpc) is 3.34. The topological polar surface area (TPSA) is 79.3 Å². The van der Waals surface area contributed by atoms with Crippen molar-refractivity contribution in [3.05, 3.63) is 64.7 Å². The van der Waals surface area contributed by atoms with Crippen LogP contribution < -0.4 is 9.47 Å². The summed E-state index contributed by atoms with van der Waals surface area (Å²) < 4.78 is 10.7. The first-order valence-corrected chi connectivity index (χ1v) is 10.7. The van der Waals surface area contributed by atoms with Crippen molar-refractivity contribution in [2.24, 2.45) is 0 Å². The molecular weight excluding hydrogens is 408 g/mol. The Balaban J connectivity index is 1.81. The van der Waals surface area contributed by atoms with E-state index in [-0.39, 0.29) is 18.1 Å². The average molecular weight is 437 g/mol. The number of benzene rings is 2. The molecule has 2 heterocycles. The van der Waals surface area contributed by atoms with E-state index in [2.05, 4.69) is 13.8 Å². The lowest BCUT2D eigenvalue weighted by molar-refractivity contribution is -0.140. The smallest absolute Gasteiger partial charge is 0.295 e. The van der Waals surface area contributed by atoms with Crippen LogP contribution in [0.1, 0.15) is 42.5 Å². The van der Waals surface area contributed by atoms with Crippen molar-refractivity contribution in [1.82, 2.24) is 9.80 Å². The fourth-order valence-electron chi connectivity index (χ4n) is 4.03. The molecule has 1 atom stereocenters. The van der Waals surface area contributed by atoms with Crippen molar-refractivity contribution >= 4 is 17.4 Å². The van der Waals surface area contributed by atoms with E-state index in [0.29, 0.717) is 36.1 Å². The molecule has 1 N–H and O–H groups in total. The fraction of sp³-hybridized carbons (Fsp3) is 0.360.